The average molecular weight is 514 g/mol. The van der Waals surface area contributed by atoms with Gasteiger partial charge in [-0.3, -0.25) is 19.5 Å². The Bertz CT molecular complexity index is 1450. The number of fused-ring (bicyclic) bond motifs is 1. The van der Waals surface area contributed by atoms with Crippen molar-refractivity contribution >= 4 is 45.0 Å². The van der Waals surface area contributed by atoms with Crippen molar-refractivity contribution in [2.45, 2.75) is 13.0 Å². The van der Waals surface area contributed by atoms with Gasteiger partial charge < -0.3 is 4.74 Å². The molecule has 3 aromatic rings. The monoisotopic (exact) mass is 513 g/mol. The zero-order valence-electron chi connectivity index (χ0n) is 16.9. The second-order valence-corrected chi connectivity index (χ2v) is 8.90. The van der Waals surface area contributed by atoms with Gasteiger partial charge in [-0.05, 0) is 36.3 Å². The number of methoxy groups -OCH3 is 1. The van der Waals surface area contributed by atoms with Crippen LogP contribution in [0.5, 0.6) is 0 Å². The van der Waals surface area contributed by atoms with Gasteiger partial charge in [-0.15, -0.1) is 0 Å². The van der Waals surface area contributed by atoms with Crippen LogP contribution < -0.4 is 14.9 Å². The van der Waals surface area contributed by atoms with Gasteiger partial charge in [0, 0.05) is 16.6 Å². The number of nitro benzene ring substituents is 1. The fourth-order valence-electron chi connectivity index (χ4n) is 3.53. The van der Waals surface area contributed by atoms with Crippen molar-refractivity contribution in [1.82, 2.24) is 4.57 Å². The molecule has 0 amide bonds. The van der Waals surface area contributed by atoms with Gasteiger partial charge in [0.1, 0.15) is 0 Å². The van der Waals surface area contributed by atoms with E-state index in [4.69, 9.17) is 4.74 Å². The Morgan fingerprint density at radius 1 is 1.28 bits per heavy atom. The molecule has 1 aromatic heterocycles. The molecular weight excluding hydrogens is 498 g/mol. The Hall–Kier alpha value is -3.37. The number of non-ortho nitro benzene ring substituents is 1. The molecule has 0 N–H and O–H groups in total. The quantitative estimate of drug-likeness (QED) is 0.303. The van der Waals surface area contributed by atoms with Crippen molar-refractivity contribution in [2.24, 2.45) is 4.99 Å². The number of rotatable bonds is 4. The molecule has 162 valence electrons. The number of esters is 1. The molecule has 8 nitrogen and oxygen atoms in total. The maximum absolute atomic E-state index is 13.4. The van der Waals surface area contributed by atoms with Gasteiger partial charge in [0.05, 0.1) is 33.9 Å². The summed E-state index contributed by atoms with van der Waals surface area (Å²) >= 11 is 4.56. The van der Waals surface area contributed by atoms with E-state index in [2.05, 4.69) is 20.9 Å². The number of benzene rings is 2. The van der Waals surface area contributed by atoms with Gasteiger partial charge in [0.25, 0.3) is 11.2 Å². The molecule has 0 fully saturated rings. The van der Waals surface area contributed by atoms with Gasteiger partial charge in [-0.1, -0.05) is 51.5 Å². The number of carbonyl (C=O) groups is 1. The lowest BCUT2D eigenvalue weighted by Crippen LogP contribution is -2.39. The predicted molar refractivity (Wildman–Crippen MR) is 123 cm³/mol. The number of thiazole rings is 1. The third-order valence-corrected chi connectivity index (χ3v) is 6.50. The molecule has 2 heterocycles. The maximum Gasteiger partial charge on any atom is 0.338 e. The molecule has 0 saturated carbocycles. The largest absolute Gasteiger partial charge is 0.466 e. The fraction of sp³-hybridized carbons (Fsp3) is 0.136. The number of ether oxygens (including phenoxy) is 1. The summed E-state index contributed by atoms with van der Waals surface area (Å²) in [7, 11) is 1.29. The summed E-state index contributed by atoms with van der Waals surface area (Å²) in [5.74, 6) is -0.563. The van der Waals surface area contributed by atoms with Crippen LogP contribution in [0.3, 0.4) is 0 Å². The molecule has 1 unspecified atom stereocenters. The van der Waals surface area contributed by atoms with Crippen LogP contribution in [0.15, 0.2) is 74.1 Å². The third kappa shape index (κ3) is 3.94. The first kappa shape index (κ1) is 21.8. The highest BCUT2D eigenvalue weighted by Crippen LogP contribution is 2.31. The Kier molecular flexibility index (Phi) is 5.90. The van der Waals surface area contributed by atoms with E-state index in [0.717, 1.165) is 21.4 Å². The first-order chi connectivity index (χ1) is 15.3. The summed E-state index contributed by atoms with van der Waals surface area (Å²) in [6.07, 6.45) is 1.59. The van der Waals surface area contributed by atoms with E-state index in [9.17, 15) is 19.7 Å². The Morgan fingerprint density at radius 3 is 2.66 bits per heavy atom. The minimum atomic E-state index is -0.709. The maximum atomic E-state index is 13.4. The van der Waals surface area contributed by atoms with Gasteiger partial charge in [0.15, 0.2) is 4.80 Å². The summed E-state index contributed by atoms with van der Waals surface area (Å²) in [5.41, 5.74) is 1.58. The number of nitro groups is 1. The van der Waals surface area contributed by atoms with Crippen LogP contribution in [0.4, 0.5) is 5.69 Å². The second kappa shape index (κ2) is 8.64. The van der Waals surface area contributed by atoms with Crippen molar-refractivity contribution in [3.8, 4) is 0 Å². The molecule has 0 radical (unpaired) electrons. The molecular formula is C22H16BrN3O5S. The van der Waals surface area contributed by atoms with Crippen LogP contribution in [0.1, 0.15) is 24.1 Å². The molecule has 0 aliphatic carbocycles. The molecule has 0 bridgehead atoms. The van der Waals surface area contributed by atoms with E-state index >= 15 is 0 Å². The normalized spacial score (nSPS) is 15.8. The van der Waals surface area contributed by atoms with Gasteiger partial charge in [-0.25, -0.2) is 9.79 Å². The molecule has 1 aliphatic rings. The number of hydrogen-bond acceptors (Lipinski definition) is 7. The van der Waals surface area contributed by atoms with Gasteiger partial charge >= 0.3 is 5.97 Å². The lowest BCUT2D eigenvalue weighted by atomic mass is 9.96. The fourth-order valence-corrected chi connectivity index (χ4v) is 4.84. The highest BCUT2D eigenvalue weighted by atomic mass is 79.9. The van der Waals surface area contributed by atoms with E-state index in [1.807, 2.05) is 24.3 Å². The molecule has 0 saturated heterocycles. The van der Waals surface area contributed by atoms with Crippen molar-refractivity contribution in [2.75, 3.05) is 7.11 Å². The SMILES string of the molecule is COC(=O)C1=C(C)N=c2sc(=Cc3cccc([N+](=O)[O-])c3)c(=O)n2C1c1ccc(Br)cc1. The van der Waals surface area contributed by atoms with E-state index < -0.39 is 16.9 Å². The third-order valence-electron chi connectivity index (χ3n) is 4.99. The Labute approximate surface area is 194 Å². The summed E-state index contributed by atoms with van der Waals surface area (Å²) in [6, 6.07) is 12.6. The van der Waals surface area contributed by atoms with Crippen molar-refractivity contribution in [3.63, 3.8) is 0 Å². The number of aromatic nitrogens is 1. The van der Waals surface area contributed by atoms with Gasteiger partial charge in [-0.2, -0.15) is 0 Å². The standard InChI is InChI=1S/C22H16BrN3O5S/c1-12-18(21(28)31-2)19(14-6-8-15(23)9-7-14)25-20(27)17(32-22(25)24-12)11-13-4-3-5-16(10-13)26(29)30/h3-11,19H,1-2H3. The summed E-state index contributed by atoms with van der Waals surface area (Å²) in [4.78, 5) is 41.5. The van der Waals surface area contributed by atoms with Crippen molar-refractivity contribution in [1.29, 1.82) is 0 Å². The minimum absolute atomic E-state index is 0.0666. The van der Waals surface area contributed by atoms with Crippen molar-refractivity contribution < 1.29 is 14.5 Å². The smallest absolute Gasteiger partial charge is 0.338 e. The first-order valence-corrected chi connectivity index (χ1v) is 11.0. The van der Waals surface area contributed by atoms with Crippen LogP contribution in [-0.2, 0) is 9.53 Å². The van der Waals surface area contributed by atoms with Crippen LogP contribution in [0, 0.1) is 10.1 Å². The lowest BCUT2D eigenvalue weighted by molar-refractivity contribution is -0.384. The number of nitrogens with zero attached hydrogens (tertiary/aromatic N) is 3. The number of allylic oxidation sites excluding steroid dienone is 1. The molecule has 1 atom stereocenters. The predicted octanol–water partition coefficient (Wildman–Crippen LogP) is 3.08. The molecule has 32 heavy (non-hydrogen) atoms. The average Bonchev–Trinajstić information content (AvgIpc) is 3.07. The minimum Gasteiger partial charge on any atom is -0.466 e. The topological polar surface area (TPSA) is 104 Å². The number of carbonyl (C=O) groups excluding carboxylic acids is 1. The van der Waals surface area contributed by atoms with Crippen LogP contribution in [-0.4, -0.2) is 22.6 Å². The zero-order valence-corrected chi connectivity index (χ0v) is 19.3. The summed E-state index contributed by atoms with van der Waals surface area (Å²) in [6.45, 7) is 1.70. The second-order valence-electron chi connectivity index (χ2n) is 6.98. The number of hydrogen-bond donors (Lipinski definition) is 0. The van der Waals surface area contributed by atoms with Crippen LogP contribution in [0.2, 0.25) is 0 Å². The molecule has 10 heteroatoms. The highest BCUT2D eigenvalue weighted by Gasteiger charge is 2.33. The molecule has 4 rings (SSSR count). The first-order valence-electron chi connectivity index (χ1n) is 9.41. The van der Waals surface area contributed by atoms with E-state index in [0.29, 0.717) is 20.6 Å². The van der Waals surface area contributed by atoms with E-state index in [1.54, 1.807) is 25.1 Å². The lowest BCUT2D eigenvalue weighted by Gasteiger charge is -2.24. The van der Waals surface area contributed by atoms with E-state index in [-0.39, 0.29) is 16.8 Å². The van der Waals surface area contributed by atoms with Crippen LogP contribution >= 0.6 is 27.3 Å². The highest BCUT2D eigenvalue weighted by molar-refractivity contribution is 9.10. The van der Waals surface area contributed by atoms with Crippen LogP contribution in [0.25, 0.3) is 6.08 Å². The van der Waals surface area contributed by atoms with E-state index in [1.165, 1.54) is 23.8 Å². The summed E-state index contributed by atoms with van der Waals surface area (Å²) < 4.78 is 7.66. The molecule has 1 aliphatic heterocycles. The number of halogens is 1. The van der Waals surface area contributed by atoms with Gasteiger partial charge in [0.2, 0.25) is 0 Å². The molecule has 2 aromatic carbocycles. The Morgan fingerprint density at radius 2 is 2.00 bits per heavy atom. The Balaban J connectivity index is 1.95. The van der Waals surface area contributed by atoms with Crippen molar-refractivity contribution in [3.05, 3.63) is 105 Å². The zero-order chi connectivity index (χ0) is 23.0. The molecule has 0 spiro atoms. The summed E-state index contributed by atoms with van der Waals surface area (Å²) in [5, 5.41) is 11.1.